The molecule has 4 heteroatoms. The van der Waals surface area contributed by atoms with Gasteiger partial charge in [-0.3, -0.25) is 0 Å². The van der Waals surface area contributed by atoms with Crippen molar-refractivity contribution >= 4 is 50.1 Å². The molecule has 0 aliphatic rings. The normalized spacial score (nSPS) is 11.4. The molecule has 2 heterocycles. The lowest BCUT2D eigenvalue weighted by Crippen LogP contribution is -2.10. The number of anilines is 3. The molecule has 2 aromatic heterocycles. The molecule has 0 aliphatic heterocycles. The topological polar surface area (TPSA) is 42.4 Å². The Morgan fingerprint density at radius 2 is 0.830 bits per heavy atom. The van der Waals surface area contributed by atoms with Gasteiger partial charge in [-0.05, 0) is 100 Å². The van der Waals surface area contributed by atoms with Crippen molar-refractivity contribution in [2.75, 3.05) is 4.90 Å². The van der Waals surface area contributed by atoms with Crippen molar-refractivity contribution in [2.24, 2.45) is 0 Å². The molecule has 0 fully saturated rings. The quantitative estimate of drug-likeness (QED) is 0.168. The van der Waals surface area contributed by atoms with Crippen LogP contribution >= 0.6 is 0 Å². The van der Waals surface area contributed by atoms with E-state index in [9.17, 15) is 0 Å². The second-order valence-electron chi connectivity index (χ2n) is 13.2. The van der Waals surface area contributed by atoms with Crippen LogP contribution in [-0.4, -0.2) is 4.98 Å². The second kappa shape index (κ2) is 12.9. The maximum absolute atomic E-state index is 6.41. The van der Waals surface area contributed by atoms with Crippen molar-refractivity contribution in [1.29, 1.82) is 0 Å². The molecule has 0 spiro atoms. The molecular formula is C49H32N2O2. The zero-order valence-electron chi connectivity index (χ0n) is 28.7. The van der Waals surface area contributed by atoms with E-state index in [1.807, 2.05) is 42.5 Å². The second-order valence-corrected chi connectivity index (χ2v) is 13.2. The van der Waals surface area contributed by atoms with Gasteiger partial charge in [-0.2, -0.15) is 0 Å². The van der Waals surface area contributed by atoms with Gasteiger partial charge in [-0.1, -0.05) is 121 Å². The number of rotatable bonds is 7. The molecule has 0 N–H and O–H groups in total. The Kier molecular flexibility index (Phi) is 7.43. The number of fused-ring (bicyclic) bond motifs is 4. The van der Waals surface area contributed by atoms with Gasteiger partial charge in [0.2, 0.25) is 5.89 Å². The number of furan rings is 1. The number of aromatic nitrogens is 1. The van der Waals surface area contributed by atoms with E-state index in [1.54, 1.807) is 0 Å². The van der Waals surface area contributed by atoms with E-state index in [2.05, 4.69) is 157 Å². The standard InChI is InChI=1S/C49H32N2O2/c1-4-11-33(12-5-1)35-19-24-40(25-20-35)51(42-18-10-17-38(29-42)34-13-6-2-7-14-34)41-26-21-36(22-27-41)39-23-28-43-44-31-48-45(32-47(44)52-46(43)30-39)50-49(53-48)37-15-8-3-9-16-37/h1-32H. The molecule has 250 valence electrons. The summed E-state index contributed by atoms with van der Waals surface area (Å²) in [5, 5.41) is 2.06. The number of oxazole rings is 1. The lowest BCUT2D eigenvalue weighted by Gasteiger charge is -2.26. The minimum atomic E-state index is 0.606. The summed E-state index contributed by atoms with van der Waals surface area (Å²) in [6.45, 7) is 0. The van der Waals surface area contributed by atoms with Crippen LogP contribution in [0.5, 0.6) is 0 Å². The van der Waals surface area contributed by atoms with Crippen LogP contribution in [0.15, 0.2) is 203 Å². The Labute approximate surface area is 306 Å². The summed E-state index contributed by atoms with van der Waals surface area (Å²) in [4.78, 5) is 7.06. The van der Waals surface area contributed by atoms with E-state index < -0.39 is 0 Å². The van der Waals surface area contributed by atoms with Crippen LogP contribution in [0.1, 0.15) is 0 Å². The van der Waals surface area contributed by atoms with E-state index >= 15 is 0 Å². The fourth-order valence-electron chi connectivity index (χ4n) is 7.22. The van der Waals surface area contributed by atoms with Gasteiger partial charge in [0.05, 0.1) is 0 Å². The number of nitrogens with zero attached hydrogens (tertiary/aromatic N) is 2. The fraction of sp³-hybridized carbons (Fsp3) is 0. The minimum absolute atomic E-state index is 0.606. The summed E-state index contributed by atoms with van der Waals surface area (Å²) in [5.74, 6) is 0.606. The summed E-state index contributed by atoms with van der Waals surface area (Å²) in [7, 11) is 0. The van der Waals surface area contributed by atoms with Crippen LogP contribution in [0.3, 0.4) is 0 Å². The fourth-order valence-corrected chi connectivity index (χ4v) is 7.22. The summed E-state index contributed by atoms with van der Waals surface area (Å²) in [6.07, 6.45) is 0. The predicted octanol–water partition coefficient (Wildman–Crippen LogP) is 13.9. The van der Waals surface area contributed by atoms with Gasteiger partial charge in [-0.25, -0.2) is 4.98 Å². The van der Waals surface area contributed by atoms with E-state index in [0.29, 0.717) is 5.89 Å². The summed E-state index contributed by atoms with van der Waals surface area (Å²) < 4.78 is 12.6. The summed E-state index contributed by atoms with van der Waals surface area (Å²) in [5.41, 5.74) is 14.3. The Hall–Kier alpha value is -7.17. The highest BCUT2D eigenvalue weighted by Crippen LogP contribution is 2.40. The first-order valence-electron chi connectivity index (χ1n) is 17.8. The number of benzene rings is 8. The van der Waals surface area contributed by atoms with E-state index in [0.717, 1.165) is 66.8 Å². The molecule has 53 heavy (non-hydrogen) atoms. The van der Waals surface area contributed by atoms with Crippen LogP contribution in [0, 0.1) is 0 Å². The lowest BCUT2D eigenvalue weighted by atomic mass is 10.0. The maximum atomic E-state index is 6.41. The average molecular weight is 681 g/mol. The van der Waals surface area contributed by atoms with Gasteiger partial charge in [0, 0.05) is 39.5 Å². The van der Waals surface area contributed by atoms with Gasteiger partial charge in [-0.15, -0.1) is 0 Å². The lowest BCUT2D eigenvalue weighted by molar-refractivity contribution is 0.620. The molecule has 10 rings (SSSR count). The molecule has 4 nitrogen and oxygen atoms in total. The van der Waals surface area contributed by atoms with E-state index in [-0.39, 0.29) is 0 Å². The highest BCUT2D eigenvalue weighted by atomic mass is 16.4. The highest BCUT2D eigenvalue weighted by molar-refractivity contribution is 6.09. The molecule has 0 saturated heterocycles. The average Bonchev–Trinajstić information content (AvgIpc) is 3.82. The van der Waals surface area contributed by atoms with Crippen LogP contribution in [0.25, 0.3) is 77.9 Å². The highest BCUT2D eigenvalue weighted by Gasteiger charge is 2.17. The predicted molar refractivity (Wildman–Crippen MR) is 218 cm³/mol. The third kappa shape index (κ3) is 5.73. The van der Waals surface area contributed by atoms with Crippen LogP contribution < -0.4 is 4.90 Å². The minimum Gasteiger partial charge on any atom is -0.456 e. The largest absolute Gasteiger partial charge is 0.456 e. The van der Waals surface area contributed by atoms with Crippen LogP contribution in [-0.2, 0) is 0 Å². The molecular weight excluding hydrogens is 649 g/mol. The monoisotopic (exact) mass is 680 g/mol. The van der Waals surface area contributed by atoms with Gasteiger partial charge >= 0.3 is 0 Å². The van der Waals surface area contributed by atoms with Crippen LogP contribution in [0.2, 0.25) is 0 Å². The Bertz CT molecular complexity index is 2860. The van der Waals surface area contributed by atoms with Crippen molar-refractivity contribution in [2.45, 2.75) is 0 Å². The zero-order chi connectivity index (χ0) is 35.1. The molecule has 0 aliphatic carbocycles. The first-order chi connectivity index (χ1) is 26.2. The molecule has 10 aromatic rings. The first kappa shape index (κ1) is 30.6. The smallest absolute Gasteiger partial charge is 0.227 e. The van der Waals surface area contributed by atoms with Gasteiger partial charge < -0.3 is 13.7 Å². The van der Waals surface area contributed by atoms with E-state index in [1.165, 1.54) is 22.3 Å². The number of hydrogen-bond acceptors (Lipinski definition) is 4. The summed E-state index contributed by atoms with van der Waals surface area (Å²) >= 11 is 0. The Balaban J connectivity index is 1.00. The van der Waals surface area contributed by atoms with Crippen molar-refractivity contribution in [3.05, 3.63) is 194 Å². The van der Waals surface area contributed by atoms with Gasteiger partial charge in [0.1, 0.15) is 16.7 Å². The first-order valence-corrected chi connectivity index (χ1v) is 17.8. The zero-order valence-corrected chi connectivity index (χ0v) is 28.7. The number of hydrogen-bond donors (Lipinski definition) is 0. The summed E-state index contributed by atoms with van der Waals surface area (Å²) in [6, 6.07) is 67.8. The third-order valence-electron chi connectivity index (χ3n) is 9.91. The van der Waals surface area contributed by atoms with Crippen molar-refractivity contribution in [1.82, 2.24) is 4.98 Å². The molecule has 8 aromatic carbocycles. The van der Waals surface area contributed by atoms with Crippen molar-refractivity contribution < 1.29 is 8.83 Å². The van der Waals surface area contributed by atoms with E-state index in [4.69, 9.17) is 13.8 Å². The molecule has 0 bridgehead atoms. The van der Waals surface area contributed by atoms with Gasteiger partial charge in [0.25, 0.3) is 0 Å². The third-order valence-corrected chi connectivity index (χ3v) is 9.91. The van der Waals surface area contributed by atoms with Crippen molar-refractivity contribution in [3.8, 4) is 44.8 Å². The maximum Gasteiger partial charge on any atom is 0.227 e. The Morgan fingerprint density at radius 3 is 1.49 bits per heavy atom. The Morgan fingerprint density at radius 1 is 0.321 bits per heavy atom. The van der Waals surface area contributed by atoms with Crippen LogP contribution in [0.4, 0.5) is 17.1 Å². The van der Waals surface area contributed by atoms with Crippen molar-refractivity contribution in [3.63, 3.8) is 0 Å². The molecule has 0 atom stereocenters. The molecule has 0 radical (unpaired) electrons. The molecule has 0 saturated carbocycles. The molecule has 0 unspecified atom stereocenters. The van der Waals surface area contributed by atoms with Gasteiger partial charge in [0.15, 0.2) is 5.58 Å². The SMILES string of the molecule is c1ccc(-c2ccc(N(c3ccc(-c4ccc5c(c4)oc4cc6nc(-c7ccccc7)oc6cc45)cc3)c3cccc(-c4ccccc4)c3)cc2)cc1. The molecule has 0 amide bonds.